The lowest BCUT2D eigenvalue weighted by Crippen LogP contribution is -2.13. The molecule has 0 saturated carbocycles. The van der Waals surface area contributed by atoms with Gasteiger partial charge in [-0.15, -0.1) is 0 Å². The second-order valence-corrected chi connectivity index (χ2v) is 5.66. The van der Waals surface area contributed by atoms with Gasteiger partial charge in [-0.2, -0.15) is 0 Å². The zero-order chi connectivity index (χ0) is 15.4. The van der Waals surface area contributed by atoms with Gasteiger partial charge in [-0.3, -0.25) is 0 Å². The Morgan fingerprint density at radius 2 is 1.76 bits per heavy atom. The van der Waals surface area contributed by atoms with E-state index in [1.54, 1.807) is 0 Å². The van der Waals surface area contributed by atoms with Crippen LogP contribution in [0.1, 0.15) is 29.2 Å². The minimum absolute atomic E-state index is 0.704. The summed E-state index contributed by atoms with van der Waals surface area (Å²) in [7, 11) is 0. The Hall–Kier alpha value is -1.51. The van der Waals surface area contributed by atoms with Crippen LogP contribution in [0, 0.1) is 20.8 Å². The highest BCUT2D eigenvalue weighted by Gasteiger charge is 2.12. The van der Waals surface area contributed by atoms with Crippen molar-refractivity contribution >= 4 is 11.6 Å². The second-order valence-electron chi connectivity index (χ2n) is 5.25. The number of aryl methyl sites for hydroxylation is 2. The van der Waals surface area contributed by atoms with Gasteiger partial charge in [-0.1, -0.05) is 36.7 Å². The fraction of sp³-hybridized carbons (Fsp3) is 0.333. The van der Waals surface area contributed by atoms with E-state index in [2.05, 4.69) is 45.1 Å². The maximum Gasteiger partial charge on any atom is 0.133 e. The van der Waals surface area contributed by atoms with Crippen molar-refractivity contribution in [2.45, 2.75) is 34.2 Å². The van der Waals surface area contributed by atoms with Crippen molar-refractivity contribution in [3.8, 4) is 11.5 Å². The number of nitrogens with one attached hydrogen (secondary N) is 1. The Balaban J connectivity index is 2.40. The third-order valence-corrected chi connectivity index (χ3v) is 4.07. The molecule has 2 aromatic rings. The van der Waals surface area contributed by atoms with Gasteiger partial charge in [0.1, 0.15) is 11.5 Å². The van der Waals surface area contributed by atoms with Crippen LogP contribution in [0.4, 0.5) is 0 Å². The molecule has 0 fully saturated rings. The summed E-state index contributed by atoms with van der Waals surface area (Å²) in [4.78, 5) is 0. The molecule has 0 saturated heterocycles. The molecule has 0 bridgehead atoms. The molecule has 2 nitrogen and oxygen atoms in total. The largest absolute Gasteiger partial charge is 0.456 e. The average Bonchev–Trinajstić information content (AvgIpc) is 2.47. The minimum atomic E-state index is 0.704. The highest BCUT2D eigenvalue weighted by Crippen LogP contribution is 2.34. The van der Waals surface area contributed by atoms with Crippen LogP contribution in [0.2, 0.25) is 5.02 Å². The van der Waals surface area contributed by atoms with E-state index in [0.29, 0.717) is 6.54 Å². The first-order valence-electron chi connectivity index (χ1n) is 7.27. The predicted molar refractivity (Wildman–Crippen MR) is 89.6 cm³/mol. The van der Waals surface area contributed by atoms with Gasteiger partial charge < -0.3 is 10.1 Å². The number of halogens is 1. The van der Waals surface area contributed by atoms with Crippen LogP contribution < -0.4 is 10.1 Å². The summed E-state index contributed by atoms with van der Waals surface area (Å²) >= 11 is 6.32. The third kappa shape index (κ3) is 3.58. The van der Waals surface area contributed by atoms with Gasteiger partial charge in [-0.25, -0.2) is 0 Å². The van der Waals surface area contributed by atoms with Crippen LogP contribution in [0.3, 0.4) is 0 Å². The normalized spacial score (nSPS) is 10.7. The van der Waals surface area contributed by atoms with Crippen molar-refractivity contribution < 1.29 is 4.74 Å². The van der Waals surface area contributed by atoms with Crippen molar-refractivity contribution in [2.24, 2.45) is 0 Å². The number of hydrogen-bond donors (Lipinski definition) is 1. The van der Waals surface area contributed by atoms with E-state index >= 15 is 0 Å². The molecule has 0 amide bonds. The molecular weight excluding hydrogens is 282 g/mol. The minimum Gasteiger partial charge on any atom is -0.456 e. The molecule has 112 valence electrons. The van der Waals surface area contributed by atoms with Gasteiger partial charge in [0.25, 0.3) is 0 Å². The summed E-state index contributed by atoms with van der Waals surface area (Å²) in [5, 5.41) is 4.04. The molecule has 2 aromatic carbocycles. The first kappa shape index (κ1) is 15.9. The summed E-state index contributed by atoms with van der Waals surface area (Å²) < 4.78 is 6.21. The first-order chi connectivity index (χ1) is 10.0. The van der Waals surface area contributed by atoms with Crippen LogP contribution in [0.25, 0.3) is 0 Å². The molecule has 1 N–H and O–H groups in total. The van der Waals surface area contributed by atoms with Crippen LogP contribution in [0.5, 0.6) is 11.5 Å². The Morgan fingerprint density at radius 1 is 1.05 bits per heavy atom. The van der Waals surface area contributed by atoms with E-state index in [-0.39, 0.29) is 0 Å². The molecule has 0 atom stereocenters. The molecule has 0 radical (unpaired) electrons. The quantitative estimate of drug-likeness (QED) is 0.823. The molecule has 0 aliphatic rings. The van der Waals surface area contributed by atoms with Gasteiger partial charge in [0.15, 0.2) is 0 Å². The molecule has 21 heavy (non-hydrogen) atoms. The van der Waals surface area contributed by atoms with Crippen LogP contribution >= 0.6 is 11.6 Å². The van der Waals surface area contributed by atoms with Gasteiger partial charge in [0, 0.05) is 17.1 Å². The molecule has 3 heteroatoms. The van der Waals surface area contributed by atoms with Crippen molar-refractivity contribution in [3.05, 3.63) is 57.6 Å². The SMILES string of the molecule is CCNCc1c(Cl)cccc1Oc1c(C)ccc(C)c1C. The Kier molecular flexibility index (Phi) is 5.27. The third-order valence-electron chi connectivity index (χ3n) is 3.71. The van der Waals surface area contributed by atoms with Gasteiger partial charge in [0.05, 0.1) is 0 Å². The summed E-state index contributed by atoms with van der Waals surface area (Å²) in [6.45, 7) is 9.93. The monoisotopic (exact) mass is 303 g/mol. The summed E-state index contributed by atoms with van der Waals surface area (Å²) in [5.41, 5.74) is 4.53. The highest BCUT2D eigenvalue weighted by molar-refractivity contribution is 6.31. The fourth-order valence-corrected chi connectivity index (χ4v) is 2.48. The van der Waals surface area contributed by atoms with Crippen molar-refractivity contribution in [1.82, 2.24) is 5.32 Å². The van der Waals surface area contributed by atoms with Gasteiger partial charge >= 0.3 is 0 Å². The molecule has 0 aromatic heterocycles. The molecule has 0 heterocycles. The standard InChI is InChI=1S/C18H22ClNO/c1-5-20-11-15-16(19)7-6-8-17(15)21-18-13(3)10-9-12(2)14(18)4/h6-10,20H,5,11H2,1-4H3. The lowest BCUT2D eigenvalue weighted by atomic mass is 10.1. The topological polar surface area (TPSA) is 21.3 Å². The highest BCUT2D eigenvalue weighted by atomic mass is 35.5. The Morgan fingerprint density at radius 3 is 2.48 bits per heavy atom. The van der Waals surface area contributed by atoms with Gasteiger partial charge in [-0.05, 0) is 56.1 Å². The van der Waals surface area contributed by atoms with E-state index in [1.165, 1.54) is 11.1 Å². The van der Waals surface area contributed by atoms with E-state index < -0.39 is 0 Å². The maximum atomic E-state index is 6.32. The predicted octanol–water partition coefficient (Wildman–Crippen LogP) is 5.17. The van der Waals surface area contributed by atoms with Crippen molar-refractivity contribution in [1.29, 1.82) is 0 Å². The first-order valence-corrected chi connectivity index (χ1v) is 7.65. The van der Waals surface area contributed by atoms with E-state index in [9.17, 15) is 0 Å². The summed E-state index contributed by atoms with van der Waals surface area (Å²) in [5.74, 6) is 1.75. The fourth-order valence-electron chi connectivity index (χ4n) is 2.25. The lowest BCUT2D eigenvalue weighted by molar-refractivity contribution is 0.466. The summed E-state index contributed by atoms with van der Waals surface area (Å²) in [6.07, 6.45) is 0. The smallest absolute Gasteiger partial charge is 0.133 e. The van der Waals surface area contributed by atoms with E-state index in [0.717, 1.165) is 34.2 Å². The molecule has 0 unspecified atom stereocenters. The molecule has 0 aliphatic carbocycles. The van der Waals surface area contributed by atoms with E-state index in [4.69, 9.17) is 16.3 Å². The number of benzene rings is 2. The maximum absolute atomic E-state index is 6.32. The lowest BCUT2D eigenvalue weighted by Gasteiger charge is -2.17. The Bertz CT molecular complexity index is 637. The molecule has 0 aliphatic heterocycles. The zero-order valence-corrected chi connectivity index (χ0v) is 13.8. The van der Waals surface area contributed by atoms with Gasteiger partial charge in [0.2, 0.25) is 0 Å². The molecular formula is C18H22ClNO. The summed E-state index contributed by atoms with van der Waals surface area (Å²) in [6, 6.07) is 10.0. The van der Waals surface area contributed by atoms with Crippen molar-refractivity contribution in [2.75, 3.05) is 6.54 Å². The zero-order valence-electron chi connectivity index (χ0n) is 13.1. The average molecular weight is 304 g/mol. The number of hydrogen-bond acceptors (Lipinski definition) is 2. The molecule has 0 spiro atoms. The number of rotatable bonds is 5. The van der Waals surface area contributed by atoms with Crippen LogP contribution in [-0.4, -0.2) is 6.54 Å². The van der Waals surface area contributed by atoms with E-state index in [1.807, 2.05) is 18.2 Å². The Labute approximate surface area is 132 Å². The van der Waals surface area contributed by atoms with Crippen LogP contribution in [-0.2, 0) is 6.54 Å². The number of ether oxygens (including phenoxy) is 1. The van der Waals surface area contributed by atoms with Crippen molar-refractivity contribution in [3.63, 3.8) is 0 Å². The van der Waals surface area contributed by atoms with Crippen LogP contribution in [0.15, 0.2) is 30.3 Å². The second kappa shape index (κ2) is 6.97. The molecule has 2 rings (SSSR count).